The van der Waals surface area contributed by atoms with Crippen molar-refractivity contribution in [2.75, 3.05) is 6.61 Å². The maximum Gasteiger partial charge on any atom is 0.408 e. The van der Waals surface area contributed by atoms with E-state index in [2.05, 4.69) is 15.6 Å². The van der Waals surface area contributed by atoms with Gasteiger partial charge in [0.2, 0.25) is 5.91 Å². The van der Waals surface area contributed by atoms with E-state index in [4.69, 9.17) is 9.47 Å². The zero-order valence-corrected chi connectivity index (χ0v) is 27.2. The van der Waals surface area contributed by atoms with Crippen molar-refractivity contribution in [3.8, 4) is 0 Å². The lowest BCUT2D eigenvalue weighted by Crippen LogP contribution is -2.50. The number of para-hydroxylation sites is 1. The van der Waals surface area contributed by atoms with Crippen LogP contribution in [0, 0.1) is 11.8 Å². The number of aromatic amines is 1. The van der Waals surface area contributed by atoms with Crippen LogP contribution in [0.3, 0.4) is 0 Å². The van der Waals surface area contributed by atoms with E-state index in [-0.39, 0.29) is 36.9 Å². The van der Waals surface area contributed by atoms with Crippen LogP contribution >= 0.6 is 0 Å². The number of fused-ring (bicyclic) bond motifs is 1. The van der Waals surface area contributed by atoms with Gasteiger partial charge in [-0.15, -0.1) is 0 Å². The van der Waals surface area contributed by atoms with Crippen LogP contribution in [0.25, 0.3) is 10.9 Å². The lowest BCUT2D eigenvalue weighted by atomic mass is 9.88. The van der Waals surface area contributed by atoms with Crippen LogP contribution in [0.1, 0.15) is 50.3 Å². The van der Waals surface area contributed by atoms with Crippen molar-refractivity contribution in [3.05, 3.63) is 108 Å². The van der Waals surface area contributed by atoms with Crippen LogP contribution < -0.4 is 10.6 Å². The Hall–Kier alpha value is -4.76. The number of hydrogen-bond acceptors (Lipinski definition) is 6. The Balaban J connectivity index is 1.36. The fraction of sp³-hybridized carbons (Fsp3) is 0.368. The number of ether oxygens (including phenoxy) is 2. The van der Waals surface area contributed by atoms with Crippen LogP contribution in [-0.4, -0.2) is 52.8 Å². The number of epoxide rings is 1. The Morgan fingerprint density at radius 1 is 0.851 bits per heavy atom. The number of alkyl carbamates (subject to hydrolysis) is 1. The number of nitrogens with one attached hydrogen (secondary N) is 3. The zero-order chi connectivity index (χ0) is 33.4. The third-order valence-corrected chi connectivity index (χ3v) is 8.57. The van der Waals surface area contributed by atoms with Crippen molar-refractivity contribution in [1.82, 2.24) is 15.6 Å². The van der Waals surface area contributed by atoms with Crippen molar-refractivity contribution in [2.24, 2.45) is 11.8 Å². The molecule has 1 saturated heterocycles. The molecule has 2 heterocycles. The lowest BCUT2D eigenvalue weighted by molar-refractivity contribution is -0.134. The van der Waals surface area contributed by atoms with Gasteiger partial charge in [0.1, 0.15) is 12.2 Å². The second-order valence-corrected chi connectivity index (χ2v) is 13.0. The molecule has 4 atom stereocenters. The molecule has 1 aliphatic rings. The Labute approximate surface area is 275 Å². The van der Waals surface area contributed by atoms with Gasteiger partial charge in [0.15, 0.2) is 11.6 Å². The van der Waals surface area contributed by atoms with Gasteiger partial charge < -0.3 is 25.1 Å². The molecular weight excluding hydrogens is 594 g/mol. The summed E-state index contributed by atoms with van der Waals surface area (Å²) in [7, 11) is 0. The SMILES string of the molecule is CC(C)C[C@@H](NC(=O)OCc1ccccc1)C(=O)C[C@@H](Cc1c[nH]c2ccccc12)C(=O)N[C@@H](Cc1ccccc1)C(=O)C1(C)CO1. The molecule has 1 aromatic heterocycles. The van der Waals surface area contributed by atoms with Crippen molar-refractivity contribution in [3.63, 3.8) is 0 Å². The molecule has 0 radical (unpaired) electrons. The fourth-order valence-electron chi connectivity index (χ4n) is 5.83. The summed E-state index contributed by atoms with van der Waals surface area (Å²) in [6.07, 6.45) is 1.95. The van der Waals surface area contributed by atoms with Gasteiger partial charge in [-0.2, -0.15) is 0 Å². The highest BCUT2D eigenvalue weighted by molar-refractivity contribution is 5.98. The molecule has 246 valence electrons. The Bertz CT molecular complexity index is 1680. The predicted octanol–water partition coefficient (Wildman–Crippen LogP) is 5.71. The number of rotatable bonds is 16. The summed E-state index contributed by atoms with van der Waals surface area (Å²) >= 11 is 0. The van der Waals surface area contributed by atoms with Crippen molar-refractivity contribution < 1.29 is 28.7 Å². The molecule has 4 aromatic rings. The number of Topliss-reactive ketones (excluding diaryl/α,β-unsaturated/α-hetero) is 2. The minimum Gasteiger partial charge on any atom is -0.445 e. The first-order chi connectivity index (χ1) is 22.6. The van der Waals surface area contributed by atoms with Crippen LogP contribution in [0.15, 0.2) is 91.1 Å². The summed E-state index contributed by atoms with van der Waals surface area (Å²) in [4.78, 5) is 57.7. The van der Waals surface area contributed by atoms with Gasteiger partial charge in [-0.1, -0.05) is 92.7 Å². The fourth-order valence-corrected chi connectivity index (χ4v) is 5.83. The summed E-state index contributed by atoms with van der Waals surface area (Å²) in [6.45, 7) is 6.03. The molecule has 9 heteroatoms. The minimum absolute atomic E-state index is 0.0698. The van der Waals surface area contributed by atoms with Gasteiger partial charge in [0.05, 0.1) is 18.7 Å². The van der Waals surface area contributed by atoms with Gasteiger partial charge >= 0.3 is 6.09 Å². The number of hydrogen-bond donors (Lipinski definition) is 3. The molecule has 1 unspecified atom stereocenters. The maximum absolute atomic E-state index is 14.1. The number of ketones is 2. The topological polar surface area (TPSA) is 130 Å². The van der Waals surface area contributed by atoms with E-state index in [0.717, 1.165) is 27.6 Å². The predicted molar refractivity (Wildman–Crippen MR) is 180 cm³/mol. The Kier molecular flexibility index (Phi) is 10.9. The number of carbonyl (C=O) groups is 4. The minimum atomic E-state index is -0.943. The van der Waals surface area contributed by atoms with Crippen molar-refractivity contribution in [1.29, 1.82) is 0 Å². The maximum atomic E-state index is 14.1. The summed E-state index contributed by atoms with van der Waals surface area (Å²) < 4.78 is 10.9. The third kappa shape index (κ3) is 9.16. The molecule has 5 rings (SSSR count). The van der Waals surface area contributed by atoms with Crippen LogP contribution in [0.5, 0.6) is 0 Å². The van der Waals surface area contributed by atoms with Crippen LogP contribution in [0.2, 0.25) is 0 Å². The monoisotopic (exact) mass is 637 g/mol. The summed E-state index contributed by atoms with van der Waals surface area (Å²) in [5.74, 6) is -1.60. The second kappa shape index (κ2) is 15.2. The molecule has 2 amide bonds. The number of aromatic nitrogens is 1. The molecule has 3 aromatic carbocycles. The van der Waals surface area contributed by atoms with E-state index in [1.54, 1.807) is 6.92 Å². The van der Waals surface area contributed by atoms with Gasteiger partial charge in [-0.25, -0.2) is 4.79 Å². The van der Waals surface area contributed by atoms with Gasteiger partial charge in [-0.05, 0) is 54.9 Å². The average Bonchev–Trinajstić information content (AvgIpc) is 3.70. The molecule has 47 heavy (non-hydrogen) atoms. The van der Waals surface area contributed by atoms with Gasteiger partial charge in [-0.3, -0.25) is 14.4 Å². The highest BCUT2D eigenvalue weighted by Crippen LogP contribution is 2.30. The van der Waals surface area contributed by atoms with Gasteiger partial charge in [0, 0.05) is 29.4 Å². The quantitative estimate of drug-likeness (QED) is 0.135. The summed E-state index contributed by atoms with van der Waals surface area (Å²) in [5.41, 5.74) is 2.59. The molecule has 0 spiro atoms. The largest absolute Gasteiger partial charge is 0.445 e. The van der Waals surface area contributed by atoms with E-state index in [1.807, 2.05) is 105 Å². The first kappa shape index (κ1) is 33.6. The molecule has 0 aliphatic carbocycles. The van der Waals surface area contributed by atoms with E-state index >= 15 is 0 Å². The highest BCUT2D eigenvalue weighted by Gasteiger charge is 2.50. The molecule has 1 aliphatic heterocycles. The number of carbonyl (C=O) groups excluding carboxylic acids is 4. The van der Waals surface area contributed by atoms with E-state index in [9.17, 15) is 19.2 Å². The van der Waals surface area contributed by atoms with E-state index < -0.39 is 35.6 Å². The Morgan fingerprint density at radius 2 is 1.49 bits per heavy atom. The molecule has 0 bridgehead atoms. The van der Waals surface area contributed by atoms with Crippen molar-refractivity contribution in [2.45, 2.75) is 70.7 Å². The average molecular weight is 638 g/mol. The molecular formula is C38H43N3O6. The van der Waals surface area contributed by atoms with Crippen LogP contribution in [-0.2, 0) is 43.3 Å². The van der Waals surface area contributed by atoms with E-state index in [1.165, 1.54) is 0 Å². The molecule has 3 N–H and O–H groups in total. The van der Waals surface area contributed by atoms with Crippen molar-refractivity contribution >= 4 is 34.5 Å². The summed E-state index contributed by atoms with van der Waals surface area (Å²) in [5, 5.41) is 6.70. The smallest absolute Gasteiger partial charge is 0.408 e. The number of H-pyrrole nitrogens is 1. The normalized spacial score (nSPS) is 17.4. The standard InChI is InChI=1S/C38H43N3O6/c1-25(2)18-32(41-37(45)46-23-27-14-8-5-9-15-27)34(42)21-28(20-29-22-39-31-17-11-10-16-30(29)31)36(44)40-33(35(43)38(3)24-47-38)19-26-12-6-4-7-13-26/h4-17,22,25,28,32-33,39H,18-21,23-24H2,1-3H3,(H,40,44)(H,41,45)/t28-,32-,33+,38?/m1/s1. The number of benzene rings is 3. The molecule has 9 nitrogen and oxygen atoms in total. The Morgan fingerprint density at radius 3 is 2.15 bits per heavy atom. The van der Waals surface area contributed by atoms with E-state index in [0.29, 0.717) is 19.4 Å². The zero-order valence-electron chi connectivity index (χ0n) is 27.2. The summed E-state index contributed by atoms with van der Waals surface area (Å²) in [6, 6.07) is 24.9. The highest BCUT2D eigenvalue weighted by atomic mass is 16.6. The lowest BCUT2D eigenvalue weighted by Gasteiger charge is -2.25. The number of amides is 2. The second-order valence-electron chi connectivity index (χ2n) is 13.0. The first-order valence-corrected chi connectivity index (χ1v) is 16.2. The molecule has 1 fully saturated rings. The van der Waals surface area contributed by atoms with Crippen LogP contribution in [0.4, 0.5) is 4.79 Å². The third-order valence-electron chi connectivity index (χ3n) is 8.57. The molecule has 0 saturated carbocycles. The van der Waals surface area contributed by atoms with Gasteiger partial charge in [0.25, 0.3) is 0 Å². The first-order valence-electron chi connectivity index (χ1n) is 16.2.